The molecule has 0 N–H and O–H groups in total. The van der Waals surface area contributed by atoms with E-state index in [4.69, 9.17) is 4.42 Å². The van der Waals surface area contributed by atoms with E-state index in [1.54, 1.807) is 24.3 Å². The van der Waals surface area contributed by atoms with Crippen LogP contribution < -0.4 is 9.61 Å². The smallest absolute Gasteiger partial charge is 0.463 e. The first-order valence-electron chi connectivity index (χ1n) is 7.01. The van der Waals surface area contributed by atoms with Crippen LogP contribution in [0.4, 0.5) is 17.6 Å². The second kappa shape index (κ2) is 6.64. The Morgan fingerprint density at radius 1 is 1.07 bits per heavy atom. The highest BCUT2D eigenvalue weighted by Crippen LogP contribution is 2.31. The van der Waals surface area contributed by atoms with E-state index in [2.05, 4.69) is 20.1 Å². The lowest BCUT2D eigenvalue weighted by Gasteiger charge is -2.10. The van der Waals surface area contributed by atoms with Crippen molar-refractivity contribution in [2.45, 2.75) is 5.51 Å². The van der Waals surface area contributed by atoms with Crippen molar-refractivity contribution in [2.75, 3.05) is 0 Å². The number of hydrogen-bond acceptors (Lipinski definition) is 5. The predicted molar refractivity (Wildman–Crippen MR) is 91.2 cm³/mol. The lowest BCUT2D eigenvalue weighted by molar-refractivity contribution is -0.0500. The van der Waals surface area contributed by atoms with Crippen molar-refractivity contribution in [1.29, 1.82) is 0 Å². The molecule has 0 saturated heterocycles. The predicted octanol–water partition coefficient (Wildman–Crippen LogP) is 4.59. The number of alkyl halides is 3. The second-order valence-electron chi connectivity index (χ2n) is 5.25. The lowest BCUT2D eigenvalue weighted by atomic mass is 10.1. The zero-order valence-corrected chi connectivity index (χ0v) is 15.3. The quantitative estimate of drug-likeness (QED) is 0.320. The Labute approximate surface area is 157 Å². The maximum absolute atomic E-state index is 14.1. The zero-order chi connectivity index (χ0) is 20.0. The molecule has 5 nitrogen and oxygen atoms in total. The van der Waals surface area contributed by atoms with Crippen molar-refractivity contribution in [3.05, 3.63) is 63.2 Å². The molecule has 0 radical (unpaired) electrons. The van der Waals surface area contributed by atoms with Gasteiger partial charge in [0.05, 0.1) is 10.9 Å². The molecule has 2 aromatic carbocycles. The van der Waals surface area contributed by atoms with Gasteiger partial charge in [0, 0.05) is 10.5 Å². The van der Waals surface area contributed by atoms with Gasteiger partial charge in [-0.1, -0.05) is 28.1 Å². The number of hydrogen-bond donors (Lipinski definition) is 0. The van der Waals surface area contributed by atoms with Gasteiger partial charge in [-0.15, -0.1) is 0 Å². The summed E-state index contributed by atoms with van der Waals surface area (Å²) in [7, 11) is -6.07. The Kier molecular flexibility index (Phi) is 4.76. The van der Waals surface area contributed by atoms with Crippen LogP contribution in [-0.2, 0) is 10.1 Å². The van der Waals surface area contributed by atoms with Crippen LogP contribution in [0.2, 0.25) is 0 Å². The summed E-state index contributed by atoms with van der Waals surface area (Å²) < 4.78 is 83.0. The molecule has 0 fully saturated rings. The van der Waals surface area contributed by atoms with Crippen LogP contribution in [0.3, 0.4) is 0 Å². The monoisotopic (exact) mass is 466 g/mol. The minimum Gasteiger partial charge on any atom is -0.463 e. The summed E-state index contributed by atoms with van der Waals surface area (Å²) >= 11 is 3.24. The average molecular weight is 467 g/mol. The third kappa shape index (κ3) is 3.69. The Bertz CT molecular complexity index is 1180. The van der Waals surface area contributed by atoms with E-state index in [9.17, 15) is 30.8 Å². The Morgan fingerprint density at radius 3 is 2.30 bits per heavy atom. The first kappa shape index (κ1) is 19.4. The molecule has 3 rings (SSSR count). The molecule has 0 amide bonds. The van der Waals surface area contributed by atoms with E-state index >= 15 is 0 Å². The number of rotatable bonds is 3. The minimum absolute atomic E-state index is 0.0889. The summed E-state index contributed by atoms with van der Waals surface area (Å²) in [6.45, 7) is 0. The fraction of sp³-hybridized carbons (Fsp3) is 0.0625. The number of halogens is 5. The van der Waals surface area contributed by atoms with Crippen LogP contribution in [0.15, 0.2) is 56.3 Å². The summed E-state index contributed by atoms with van der Waals surface area (Å²) in [5.41, 5.74) is -6.17. The topological polar surface area (TPSA) is 73.6 Å². The average Bonchev–Trinajstić information content (AvgIpc) is 2.56. The summed E-state index contributed by atoms with van der Waals surface area (Å²) in [5.74, 6) is -2.70. The Morgan fingerprint density at radius 2 is 1.70 bits per heavy atom. The van der Waals surface area contributed by atoms with Crippen LogP contribution in [-0.4, -0.2) is 13.9 Å². The summed E-state index contributed by atoms with van der Waals surface area (Å²) in [6.07, 6.45) is 1.04. The Hall–Kier alpha value is -2.40. The second-order valence-corrected chi connectivity index (χ2v) is 7.70. The molecule has 142 valence electrons. The molecule has 0 atom stereocenters. The number of benzene rings is 2. The van der Waals surface area contributed by atoms with Crippen molar-refractivity contribution < 1.29 is 34.6 Å². The zero-order valence-electron chi connectivity index (χ0n) is 12.9. The minimum atomic E-state index is -6.07. The van der Waals surface area contributed by atoms with Crippen molar-refractivity contribution in [1.82, 2.24) is 0 Å². The van der Waals surface area contributed by atoms with Gasteiger partial charge in [0.15, 0.2) is 11.6 Å². The van der Waals surface area contributed by atoms with Crippen LogP contribution in [0, 0.1) is 5.82 Å². The highest BCUT2D eigenvalue weighted by Gasteiger charge is 2.49. The lowest BCUT2D eigenvalue weighted by Crippen LogP contribution is -2.28. The van der Waals surface area contributed by atoms with Gasteiger partial charge in [0.2, 0.25) is 5.43 Å². The third-order valence-corrected chi connectivity index (χ3v) is 4.96. The molecular formula is C16H7BrF4O5S. The number of fused-ring (bicyclic) bond motifs is 1. The van der Waals surface area contributed by atoms with Crippen LogP contribution >= 0.6 is 15.9 Å². The molecule has 0 aliphatic heterocycles. The van der Waals surface area contributed by atoms with Crippen LogP contribution in [0.25, 0.3) is 22.1 Å². The van der Waals surface area contributed by atoms with Gasteiger partial charge in [-0.25, -0.2) is 4.39 Å². The highest BCUT2D eigenvalue weighted by molar-refractivity contribution is 9.10. The first-order valence-corrected chi connectivity index (χ1v) is 9.21. The maximum Gasteiger partial charge on any atom is 0.534 e. The van der Waals surface area contributed by atoms with Crippen LogP contribution in [0.1, 0.15) is 0 Å². The van der Waals surface area contributed by atoms with E-state index in [1.165, 1.54) is 0 Å². The van der Waals surface area contributed by atoms with Crippen LogP contribution in [0.5, 0.6) is 5.75 Å². The molecule has 27 heavy (non-hydrogen) atoms. The molecule has 3 aromatic rings. The normalized spacial score (nSPS) is 12.3. The molecule has 0 aliphatic rings. The molecule has 0 bridgehead atoms. The molecule has 1 aromatic heterocycles. The molecule has 11 heteroatoms. The van der Waals surface area contributed by atoms with E-state index in [-0.39, 0.29) is 16.5 Å². The van der Waals surface area contributed by atoms with E-state index in [0.717, 1.165) is 10.7 Å². The van der Waals surface area contributed by atoms with Gasteiger partial charge in [0.25, 0.3) is 0 Å². The Balaban J connectivity index is 2.12. The molecular weight excluding hydrogens is 460 g/mol. The fourth-order valence-electron chi connectivity index (χ4n) is 2.19. The highest BCUT2D eigenvalue weighted by atomic mass is 79.9. The SMILES string of the molecule is O=c1c(-c2ccc(Br)cc2)coc2cc(OS(=O)(=O)C(F)(F)F)c(F)cc12. The maximum atomic E-state index is 14.1. The van der Waals surface area contributed by atoms with E-state index in [0.29, 0.717) is 17.7 Å². The fourth-order valence-corrected chi connectivity index (χ4v) is 2.91. The standard InChI is InChI=1S/C16H7BrF4O5S/c17-9-3-1-8(2-4-9)11-7-25-13-6-14(12(18)5-10(13)15(11)22)26-27(23,24)16(19,20)21/h1-7H. The largest absolute Gasteiger partial charge is 0.534 e. The van der Waals surface area contributed by atoms with Crippen molar-refractivity contribution >= 4 is 37.0 Å². The van der Waals surface area contributed by atoms with Crippen molar-refractivity contribution in [3.63, 3.8) is 0 Å². The van der Waals surface area contributed by atoms with Crippen molar-refractivity contribution in [2.24, 2.45) is 0 Å². The third-order valence-electron chi connectivity index (χ3n) is 3.47. The molecule has 0 aliphatic carbocycles. The molecule has 1 heterocycles. The first-order chi connectivity index (χ1) is 12.5. The van der Waals surface area contributed by atoms with Gasteiger partial charge >= 0.3 is 15.6 Å². The van der Waals surface area contributed by atoms with Gasteiger partial charge in [-0.05, 0) is 23.8 Å². The van der Waals surface area contributed by atoms with Gasteiger partial charge in [-0.3, -0.25) is 4.79 Å². The molecule has 0 saturated carbocycles. The van der Waals surface area contributed by atoms with Gasteiger partial charge in [0.1, 0.15) is 11.8 Å². The van der Waals surface area contributed by atoms with Crippen molar-refractivity contribution in [3.8, 4) is 16.9 Å². The van der Waals surface area contributed by atoms with Gasteiger partial charge < -0.3 is 8.60 Å². The van der Waals surface area contributed by atoms with E-state index < -0.39 is 32.6 Å². The summed E-state index contributed by atoms with van der Waals surface area (Å²) in [4.78, 5) is 12.5. The molecule has 0 unspecified atom stereocenters. The molecule has 0 spiro atoms. The van der Waals surface area contributed by atoms with Gasteiger partial charge in [-0.2, -0.15) is 21.6 Å². The summed E-state index contributed by atoms with van der Waals surface area (Å²) in [6, 6.07) is 7.67. The van der Waals surface area contributed by atoms with E-state index in [1.807, 2.05) is 0 Å². The summed E-state index contributed by atoms with van der Waals surface area (Å²) in [5, 5.41) is -0.287.